The summed E-state index contributed by atoms with van der Waals surface area (Å²) in [5.74, 6) is 0.0629. The Kier molecular flexibility index (Phi) is 5.13. The Morgan fingerprint density at radius 1 is 1.12 bits per heavy atom. The first-order valence-electron chi connectivity index (χ1n) is 10.9. The minimum Gasteiger partial charge on any atom is -0.343 e. The zero-order valence-electron chi connectivity index (χ0n) is 18.5. The average molecular weight is 441 g/mol. The molecule has 0 aliphatic carbocycles. The zero-order chi connectivity index (χ0) is 23.1. The minimum absolute atomic E-state index is 0.0257. The molecule has 0 unspecified atom stereocenters. The van der Waals surface area contributed by atoms with Gasteiger partial charge in [0.2, 0.25) is 5.91 Å². The van der Waals surface area contributed by atoms with Crippen LogP contribution in [0.25, 0.3) is 22.3 Å². The molecule has 0 spiro atoms. The van der Waals surface area contributed by atoms with Crippen LogP contribution < -0.4 is 4.90 Å². The molecule has 0 bridgehead atoms. The molecule has 1 saturated heterocycles. The normalized spacial score (nSPS) is 16.6. The number of carbonyl (C=O) groups excluding carboxylic acids is 2. The summed E-state index contributed by atoms with van der Waals surface area (Å²) in [6.07, 6.45) is 4.87. The van der Waals surface area contributed by atoms with Gasteiger partial charge in [0.05, 0.1) is 23.4 Å². The molecule has 0 aromatic carbocycles. The number of hydrogen-bond acceptors (Lipinski definition) is 6. The van der Waals surface area contributed by atoms with E-state index in [1.54, 1.807) is 31.1 Å². The number of aromatic nitrogens is 3. The summed E-state index contributed by atoms with van der Waals surface area (Å²) in [7, 11) is 1.79. The lowest BCUT2D eigenvalue weighted by Crippen LogP contribution is -2.54. The quantitative estimate of drug-likeness (QED) is 0.605. The predicted molar refractivity (Wildman–Crippen MR) is 122 cm³/mol. The summed E-state index contributed by atoms with van der Waals surface area (Å²) < 4.78 is 0. The van der Waals surface area contributed by atoms with Gasteiger partial charge in [-0.1, -0.05) is 0 Å². The molecule has 2 aliphatic heterocycles. The van der Waals surface area contributed by atoms with Crippen molar-refractivity contribution in [2.24, 2.45) is 0 Å². The maximum Gasteiger partial charge on any atom is 0.324 e. The lowest BCUT2D eigenvalue weighted by atomic mass is 9.99. The van der Waals surface area contributed by atoms with Gasteiger partial charge in [-0.2, -0.15) is 5.26 Å². The smallest absolute Gasteiger partial charge is 0.324 e. The maximum absolute atomic E-state index is 13.4. The number of likely N-dealkylation sites (tertiary alicyclic amines) is 1. The second-order valence-corrected chi connectivity index (χ2v) is 8.49. The van der Waals surface area contributed by atoms with E-state index in [2.05, 4.69) is 9.97 Å². The fourth-order valence-corrected chi connectivity index (χ4v) is 4.63. The second kappa shape index (κ2) is 8.13. The van der Waals surface area contributed by atoms with Crippen molar-refractivity contribution in [1.82, 2.24) is 24.8 Å². The van der Waals surface area contributed by atoms with Gasteiger partial charge >= 0.3 is 6.03 Å². The number of pyridine rings is 3. The molecule has 9 heteroatoms. The van der Waals surface area contributed by atoms with Crippen LogP contribution in [0.4, 0.5) is 10.5 Å². The Hall–Kier alpha value is -4.06. The van der Waals surface area contributed by atoms with Gasteiger partial charge in [-0.3, -0.25) is 14.7 Å². The molecule has 5 rings (SSSR count). The van der Waals surface area contributed by atoms with Crippen molar-refractivity contribution in [3.8, 4) is 17.3 Å². The molecule has 3 aromatic rings. The third kappa shape index (κ3) is 3.63. The number of nitrogens with zero attached hydrogens (tertiary/aromatic N) is 7. The summed E-state index contributed by atoms with van der Waals surface area (Å²) in [6, 6.07) is 9.18. The van der Waals surface area contributed by atoms with Crippen LogP contribution in [0.2, 0.25) is 0 Å². The SMILES string of the molecule is CC(=O)N1CCC(N2C(=O)N(C)Cc3cnc4ccc(-c5ccc(C#N)nc5)nc4c32)CC1. The van der Waals surface area contributed by atoms with Crippen molar-refractivity contribution < 1.29 is 9.59 Å². The lowest BCUT2D eigenvalue weighted by Gasteiger charge is -2.43. The second-order valence-electron chi connectivity index (χ2n) is 8.49. The van der Waals surface area contributed by atoms with E-state index in [4.69, 9.17) is 10.2 Å². The molecule has 5 heterocycles. The van der Waals surface area contributed by atoms with Gasteiger partial charge in [0.25, 0.3) is 0 Å². The molecule has 9 nitrogen and oxygen atoms in total. The van der Waals surface area contributed by atoms with E-state index in [0.717, 1.165) is 16.8 Å². The molecule has 0 radical (unpaired) electrons. The van der Waals surface area contributed by atoms with E-state index in [9.17, 15) is 9.59 Å². The summed E-state index contributed by atoms with van der Waals surface area (Å²) in [6.45, 7) is 3.30. The number of nitriles is 1. The van der Waals surface area contributed by atoms with Gasteiger partial charge in [0.15, 0.2) is 0 Å². The summed E-state index contributed by atoms with van der Waals surface area (Å²) in [5.41, 5.74) is 4.96. The molecular formula is C24H23N7O2. The largest absolute Gasteiger partial charge is 0.343 e. The predicted octanol–water partition coefficient (Wildman–Crippen LogP) is 2.95. The van der Waals surface area contributed by atoms with Crippen molar-refractivity contribution in [2.45, 2.75) is 32.4 Å². The fourth-order valence-electron chi connectivity index (χ4n) is 4.63. The molecule has 3 aromatic heterocycles. The van der Waals surface area contributed by atoms with E-state index >= 15 is 0 Å². The highest BCUT2D eigenvalue weighted by Crippen LogP contribution is 2.37. The minimum atomic E-state index is -0.0662. The number of anilines is 1. The average Bonchev–Trinajstić information content (AvgIpc) is 2.84. The summed E-state index contributed by atoms with van der Waals surface area (Å²) in [4.78, 5) is 44.2. The number of amides is 3. The van der Waals surface area contributed by atoms with Crippen LogP contribution in [0.3, 0.4) is 0 Å². The standard InChI is InChI=1S/C24H23N7O2/c1-15(32)30-9-7-19(8-10-30)31-23-17(14-29(2)24(31)33)13-27-21-6-5-20(28-22(21)23)16-3-4-18(11-25)26-12-16/h3-6,12-13,19H,7-10,14H2,1-2H3. The Labute approximate surface area is 191 Å². The third-order valence-corrected chi connectivity index (χ3v) is 6.39. The highest BCUT2D eigenvalue weighted by atomic mass is 16.2. The Morgan fingerprint density at radius 2 is 1.91 bits per heavy atom. The van der Waals surface area contributed by atoms with Crippen LogP contribution in [0, 0.1) is 11.3 Å². The van der Waals surface area contributed by atoms with E-state index in [1.165, 1.54) is 0 Å². The molecule has 0 atom stereocenters. The van der Waals surface area contributed by atoms with Gasteiger partial charge in [-0.05, 0) is 37.1 Å². The fraction of sp³-hybridized carbons (Fsp3) is 0.333. The number of hydrogen-bond donors (Lipinski definition) is 0. The first kappa shape index (κ1) is 20.8. The molecular weight excluding hydrogens is 418 g/mol. The number of piperidine rings is 1. The molecule has 0 saturated carbocycles. The Morgan fingerprint density at radius 3 is 2.58 bits per heavy atom. The van der Waals surface area contributed by atoms with E-state index in [-0.39, 0.29) is 18.0 Å². The van der Waals surface area contributed by atoms with Crippen molar-refractivity contribution in [2.75, 3.05) is 25.0 Å². The van der Waals surface area contributed by atoms with Gasteiger partial charge in [-0.25, -0.2) is 14.8 Å². The first-order chi connectivity index (χ1) is 16.0. The van der Waals surface area contributed by atoms with Crippen LogP contribution >= 0.6 is 0 Å². The van der Waals surface area contributed by atoms with E-state index in [0.29, 0.717) is 54.9 Å². The van der Waals surface area contributed by atoms with Crippen molar-refractivity contribution in [3.05, 3.63) is 47.9 Å². The number of urea groups is 1. The zero-order valence-corrected chi connectivity index (χ0v) is 18.5. The van der Waals surface area contributed by atoms with E-state index in [1.807, 2.05) is 40.3 Å². The Balaban J connectivity index is 1.60. The Bertz CT molecular complexity index is 1290. The molecule has 1 fully saturated rings. The topological polar surface area (TPSA) is 106 Å². The van der Waals surface area contributed by atoms with Gasteiger partial charge in [0, 0.05) is 56.6 Å². The van der Waals surface area contributed by atoms with Gasteiger partial charge in [-0.15, -0.1) is 0 Å². The summed E-state index contributed by atoms with van der Waals surface area (Å²) in [5, 5.41) is 9.02. The highest BCUT2D eigenvalue weighted by Gasteiger charge is 2.37. The number of rotatable bonds is 2. The maximum atomic E-state index is 13.4. The molecule has 3 amide bonds. The number of carbonyl (C=O) groups is 2. The highest BCUT2D eigenvalue weighted by molar-refractivity contribution is 6.04. The van der Waals surface area contributed by atoms with Gasteiger partial charge in [0.1, 0.15) is 17.3 Å². The summed E-state index contributed by atoms with van der Waals surface area (Å²) >= 11 is 0. The monoisotopic (exact) mass is 441 g/mol. The van der Waals surface area contributed by atoms with Crippen molar-refractivity contribution in [1.29, 1.82) is 5.26 Å². The van der Waals surface area contributed by atoms with Crippen molar-refractivity contribution in [3.63, 3.8) is 0 Å². The van der Waals surface area contributed by atoms with Crippen LogP contribution in [0.1, 0.15) is 31.0 Å². The third-order valence-electron chi connectivity index (χ3n) is 6.39. The van der Waals surface area contributed by atoms with Crippen LogP contribution in [-0.2, 0) is 11.3 Å². The molecule has 166 valence electrons. The molecule has 0 N–H and O–H groups in total. The lowest BCUT2D eigenvalue weighted by molar-refractivity contribution is -0.129. The van der Waals surface area contributed by atoms with E-state index < -0.39 is 0 Å². The van der Waals surface area contributed by atoms with Crippen LogP contribution in [0.15, 0.2) is 36.7 Å². The van der Waals surface area contributed by atoms with Gasteiger partial charge < -0.3 is 9.80 Å². The molecule has 2 aliphatic rings. The van der Waals surface area contributed by atoms with Crippen LogP contribution in [-0.4, -0.2) is 62.9 Å². The first-order valence-corrected chi connectivity index (χ1v) is 10.9. The number of fused-ring (bicyclic) bond motifs is 3. The van der Waals surface area contributed by atoms with Crippen molar-refractivity contribution >= 4 is 28.7 Å². The van der Waals surface area contributed by atoms with Crippen LogP contribution in [0.5, 0.6) is 0 Å². The molecule has 33 heavy (non-hydrogen) atoms.